The zero-order valence-corrected chi connectivity index (χ0v) is 13.8. The van der Waals surface area contributed by atoms with Crippen LogP contribution in [0.3, 0.4) is 0 Å². The van der Waals surface area contributed by atoms with Gasteiger partial charge in [0.05, 0.1) is 18.3 Å². The highest BCUT2D eigenvalue weighted by Gasteiger charge is 2.58. The lowest BCUT2D eigenvalue weighted by Crippen LogP contribution is -2.29. The Bertz CT molecular complexity index is 850. The molecule has 1 saturated heterocycles. The number of amides is 1. The van der Waals surface area contributed by atoms with Gasteiger partial charge in [0, 0.05) is 30.9 Å². The van der Waals surface area contributed by atoms with Crippen LogP contribution in [0.4, 0.5) is 5.82 Å². The first kappa shape index (κ1) is 15.6. The van der Waals surface area contributed by atoms with Crippen molar-refractivity contribution in [2.45, 2.75) is 13.5 Å². The SMILES string of the molecule is Cc1nc(N2C[C@@H]3[C@H](C2)[C@@H]3C(N)=O)ccc1Cn1cc(C(=O)O)cn1. The van der Waals surface area contributed by atoms with Gasteiger partial charge < -0.3 is 15.7 Å². The van der Waals surface area contributed by atoms with E-state index in [2.05, 4.69) is 15.0 Å². The van der Waals surface area contributed by atoms with Gasteiger partial charge in [-0.25, -0.2) is 9.78 Å². The summed E-state index contributed by atoms with van der Waals surface area (Å²) in [5.41, 5.74) is 7.44. The van der Waals surface area contributed by atoms with Gasteiger partial charge >= 0.3 is 5.97 Å². The van der Waals surface area contributed by atoms with E-state index in [0.717, 1.165) is 30.2 Å². The largest absolute Gasteiger partial charge is 0.478 e. The van der Waals surface area contributed by atoms with Crippen molar-refractivity contribution >= 4 is 17.7 Å². The van der Waals surface area contributed by atoms with Crippen LogP contribution in [0.1, 0.15) is 21.6 Å². The van der Waals surface area contributed by atoms with Gasteiger partial charge in [-0.2, -0.15) is 5.10 Å². The molecule has 0 unspecified atom stereocenters. The van der Waals surface area contributed by atoms with Gasteiger partial charge in [-0.3, -0.25) is 9.48 Å². The van der Waals surface area contributed by atoms with E-state index < -0.39 is 5.97 Å². The minimum absolute atomic E-state index is 0.0415. The average Bonchev–Trinajstić information content (AvgIpc) is 2.91. The molecule has 8 nitrogen and oxygen atoms in total. The zero-order chi connectivity index (χ0) is 17.7. The lowest BCUT2D eigenvalue weighted by Gasteiger charge is -2.21. The summed E-state index contributed by atoms with van der Waals surface area (Å²) in [6.07, 6.45) is 2.85. The predicted octanol–water partition coefficient (Wildman–Crippen LogP) is 0.501. The third-order valence-corrected chi connectivity index (χ3v) is 5.24. The van der Waals surface area contributed by atoms with Crippen LogP contribution in [0, 0.1) is 24.7 Å². The number of anilines is 1. The molecular weight excluding hydrogens is 322 g/mol. The van der Waals surface area contributed by atoms with Crippen LogP contribution in [-0.2, 0) is 11.3 Å². The van der Waals surface area contributed by atoms with Gasteiger partial charge in [0.1, 0.15) is 5.82 Å². The minimum atomic E-state index is -0.988. The number of pyridine rings is 1. The molecule has 130 valence electrons. The molecule has 0 aromatic carbocycles. The fraction of sp³-hybridized carbons (Fsp3) is 0.412. The maximum Gasteiger partial charge on any atom is 0.338 e. The number of aryl methyl sites for hydroxylation is 1. The summed E-state index contributed by atoms with van der Waals surface area (Å²) in [5, 5.41) is 13.0. The monoisotopic (exact) mass is 341 g/mol. The van der Waals surface area contributed by atoms with Crippen LogP contribution < -0.4 is 10.6 Å². The molecule has 1 aliphatic heterocycles. The van der Waals surface area contributed by atoms with Crippen molar-refractivity contribution in [3.63, 3.8) is 0 Å². The van der Waals surface area contributed by atoms with Crippen LogP contribution in [-0.4, -0.2) is 44.8 Å². The number of rotatable bonds is 5. The number of nitrogens with zero attached hydrogens (tertiary/aromatic N) is 4. The number of nitrogens with two attached hydrogens (primary N) is 1. The Hall–Kier alpha value is -2.90. The van der Waals surface area contributed by atoms with Crippen molar-refractivity contribution < 1.29 is 14.7 Å². The van der Waals surface area contributed by atoms with E-state index in [-0.39, 0.29) is 17.4 Å². The highest BCUT2D eigenvalue weighted by molar-refractivity contribution is 5.86. The Kier molecular flexibility index (Phi) is 3.48. The smallest absolute Gasteiger partial charge is 0.338 e. The molecule has 1 saturated carbocycles. The summed E-state index contributed by atoms with van der Waals surface area (Å²) in [5.74, 6) is 0.520. The lowest BCUT2D eigenvalue weighted by atomic mass is 10.2. The second-order valence-electron chi connectivity index (χ2n) is 6.81. The van der Waals surface area contributed by atoms with Gasteiger partial charge in [0.25, 0.3) is 0 Å². The maximum atomic E-state index is 11.3. The van der Waals surface area contributed by atoms with Crippen LogP contribution in [0.25, 0.3) is 0 Å². The molecule has 0 spiro atoms. The van der Waals surface area contributed by atoms with Gasteiger partial charge in [-0.05, 0) is 30.4 Å². The van der Waals surface area contributed by atoms with Crippen molar-refractivity contribution in [1.29, 1.82) is 0 Å². The molecule has 4 rings (SSSR count). The van der Waals surface area contributed by atoms with Crippen LogP contribution in [0.5, 0.6) is 0 Å². The number of hydrogen-bond acceptors (Lipinski definition) is 5. The first-order valence-corrected chi connectivity index (χ1v) is 8.20. The van der Waals surface area contributed by atoms with Crippen molar-refractivity contribution in [2.24, 2.45) is 23.5 Å². The average molecular weight is 341 g/mol. The summed E-state index contributed by atoms with van der Waals surface area (Å²) in [6, 6.07) is 3.96. The molecule has 0 bridgehead atoms. The molecule has 1 aliphatic carbocycles. The Morgan fingerprint density at radius 3 is 2.60 bits per heavy atom. The standard InChI is InChI=1S/C17H19N5O3/c1-9-10(5-22-6-11(4-19-22)17(24)25)2-3-14(20-9)21-7-12-13(8-21)15(12)16(18)23/h2-4,6,12-13,15H,5,7-8H2,1H3,(H2,18,23)(H,24,25)/t12-,13+,15-. The number of hydrogen-bond donors (Lipinski definition) is 2. The molecular formula is C17H19N5O3. The van der Waals surface area contributed by atoms with E-state index in [9.17, 15) is 9.59 Å². The van der Waals surface area contributed by atoms with E-state index in [4.69, 9.17) is 10.8 Å². The quantitative estimate of drug-likeness (QED) is 0.818. The molecule has 8 heteroatoms. The number of aromatic carboxylic acids is 1. The molecule has 3 N–H and O–H groups in total. The highest BCUT2D eigenvalue weighted by Crippen LogP contribution is 2.52. The second kappa shape index (κ2) is 5.58. The number of aromatic nitrogens is 3. The van der Waals surface area contributed by atoms with Gasteiger partial charge in [-0.15, -0.1) is 0 Å². The summed E-state index contributed by atoms with van der Waals surface area (Å²) in [6.45, 7) is 4.06. The number of carbonyl (C=O) groups is 2. The lowest BCUT2D eigenvalue weighted by molar-refractivity contribution is -0.119. The third-order valence-electron chi connectivity index (χ3n) is 5.24. The Labute approximate surface area is 144 Å². The van der Waals surface area contributed by atoms with Crippen molar-refractivity contribution in [3.8, 4) is 0 Å². The molecule has 2 aliphatic rings. The summed E-state index contributed by atoms with van der Waals surface area (Å²) < 4.78 is 1.59. The predicted molar refractivity (Wildman–Crippen MR) is 89.1 cm³/mol. The number of primary amides is 1. The Balaban J connectivity index is 1.45. The van der Waals surface area contributed by atoms with Gasteiger partial charge in [-0.1, -0.05) is 6.07 Å². The molecule has 3 atom stereocenters. The fourth-order valence-electron chi connectivity index (χ4n) is 3.79. The second-order valence-corrected chi connectivity index (χ2v) is 6.81. The van der Waals surface area contributed by atoms with Crippen LogP contribution in [0.2, 0.25) is 0 Å². The van der Waals surface area contributed by atoms with E-state index >= 15 is 0 Å². The topological polar surface area (TPSA) is 114 Å². The Morgan fingerprint density at radius 1 is 1.32 bits per heavy atom. The maximum absolute atomic E-state index is 11.3. The molecule has 25 heavy (non-hydrogen) atoms. The van der Waals surface area contributed by atoms with E-state index in [1.165, 1.54) is 12.4 Å². The molecule has 2 aromatic rings. The summed E-state index contributed by atoms with van der Waals surface area (Å²) >= 11 is 0. The molecule has 3 heterocycles. The number of carbonyl (C=O) groups excluding carboxylic acids is 1. The van der Waals surface area contributed by atoms with Crippen LogP contribution >= 0.6 is 0 Å². The fourth-order valence-corrected chi connectivity index (χ4v) is 3.79. The Morgan fingerprint density at radius 2 is 2.04 bits per heavy atom. The number of fused-ring (bicyclic) bond motifs is 1. The first-order valence-electron chi connectivity index (χ1n) is 8.20. The molecule has 1 amide bonds. The van der Waals surface area contributed by atoms with Gasteiger partial charge in [0.2, 0.25) is 5.91 Å². The van der Waals surface area contributed by atoms with E-state index in [0.29, 0.717) is 18.4 Å². The highest BCUT2D eigenvalue weighted by atomic mass is 16.4. The number of piperidine rings is 1. The molecule has 2 fully saturated rings. The third kappa shape index (κ3) is 2.73. The summed E-state index contributed by atoms with van der Waals surface area (Å²) in [7, 11) is 0. The summed E-state index contributed by atoms with van der Waals surface area (Å²) in [4.78, 5) is 29.1. The normalized spacial score (nSPS) is 24.2. The van der Waals surface area contributed by atoms with E-state index in [1.807, 2.05) is 19.1 Å². The van der Waals surface area contributed by atoms with Gasteiger partial charge in [0.15, 0.2) is 0 Å². The van der Waals surface area contributed by atoms with Crippen molar-refractivity contribution in [1.82, 2.24) is 14.8 Å². The minimum Gasteiger partial charge on any atom is -0.478 e. The molecule has 0 radical (unpaired) electrons. The zero-order valence-electron chi connectivity index (χ0n) is 13.8. The number of carboxylic acids is 1. The molecule has 2 aromatic heterocycles. The van der Waals surface area contributed by atoms with E-state index in [1.54, 1.807) is 4.68 Å². The van der Waals surface area contributed by atoms with Crippen molar-refractivity contribution in [2.75, 3.05) is 18.0 Å². The van der Waals surface area contributed by atoms with Crippen LogP contribution in [0.15, 0.2) is 24.5 Å². The first-order chi connectivity index (χ1) is 11.9. The number of carboxylic acid groups (broad SMARTS) is 1. The van der Waals surface area contributed by atoms with Crippen molar-refractivity contribution in [3.05, 3.63) is 41.3 Å².